The van der Waals surface area contributed by atoms with Crippen LogP contribution >= 0.6 is 0 Å². The number of rotatable bonds is 22. The van der Waals surface area contributed by atoms with E-state index < -0.39 is 41.9 Å². The first-order valence-electron chi connectivity index (χ1n) is 39.8. The molecule has 3 saturated heterocycles. The van der Waals surface area contributed by atoms with Crippen molar-refractivity contribution >= 4 is 73.9 Å². The number of hydrogen-bond acceptors (Lipinski definition) is 18. The van der Waals surface area contributed by atoms with Crippen molar-refractivity contribution < 1.29 is 78.0 Å². The number of carbonyl (C=O) groups excluding carboxylic acids is 4. The number of amides is 3. The Morgan fingerprint density at radius 1 is 0.513 bits per heavy atom. The minimum atomic E-state index is -4.34. The Bertz CT molecular complexity index is 4740. The Morgan fingerprint density at radius 3 is 1.27 bits per heavy atom. The van der Waals surface area contributed by atoms with Crippen LogP contribution in [0.2, 0.25) is 0 Å². The van der Waals surface area contributed by atoms with Crippen molar-refractivity contribution in [3.63, 3.8) is 0 Å². The van der Waals surface area contributed by atoms with E-state index in [1.54, 1.807) is 59.6 Å². The second kappa shape index (κ2) is 34.8. The molecule has 0 bridgehead atoms. The molecule has 115 heavy (non-hydrogen) atoms. The molecular formula is C82H103F9N16O8. The van der Waals surface area contributed by atoms with Crippen LogP contribution in [-0.4, -0.2) is 205 Å². The van der Waals surface area contributed by atoms with E-state index in [1.807, 2.05) is 32.0 Å². The van der Waals surface area contributed by atoms with Gasteiger partial charge in [-0.3, -0.25) is 52.9 Å². The number of nitrogens with one attached hydrogen (secondary N) is 6. The van der Waals surface area contributed by atoms with Crippen molar-refractivity contribution in [1.82, 2.24) is 65.0 Å². The third-order valence-electron chi connectivity index (χ3n) is 24.3. The lowest BCUT2D eigenvalue weighted by atomic mass is 9.77. The van der Waals surface area contributed by atoms with Crippen LogP contribution in [0.5, 0.6) is 11.5 Å². The molecule has 6 fully saturated rings. The molecule has 8 aromatic rings. The van der Waals surface area contributed by atoms with Crippen LogP contribution in [0.15, 0.2) is 91.1 Å². The van der Waals surface area contributed by atoms with Crippen molar-refractivity contribution in [3.8, 4) is 11.5 Å². The van der Waals surface area contributed by atoms with Crippen LogP contribution in [-0.2, 0) is 50.7 Å². The highest BCUT2D eigenvalue weighted by Crippen LogP contribution is 2.45. The molecule has 33 heteroatoms. The monoisotopic (exact) mass is 1610 g/mol. The fourth-order valence-corrected chi connectivity index (χ4v) is 17.0. The van der Waals surface area contributed by atoms with Crippen LogP contribution < -0.4 is 41.4 Å². The highest BCUT2D eigenvalue weighted by Gasteiger charge is 2.44. The van der Waals surface area contributed by atoms with Gasteiger partial charge < -0.3 is 51.2 Å². The van der Waals surface area contributed by atoms with Crippen LogP contribution in [0.25, 0.3) is 32.7 Å². The van der Waals surface area contributed by atoms with Crippen molar-refractivity contribution in [1.29, 1.82) is 0 Å². The number of aryl methyl sites for hydroxylation is 4. The topological polar surface area (TPSA) is 264 Å². The highest BCUT2D eigenvalue weighted by molar-refractivity contribution is 5.95. The maximum atomic E-state index is 13.2. The zero-order chi connectivity index (χ0) is 82.0. The summed E-state index contributed by atoms with van der Waals surface area (Å²) in [6.07, 6.45) is -0.00562. The van der Waals surface area contributed by atoms with Gasteiger partial charge in [0.25, 0.3) is 0 Å². The summed E-state index contributed by atoms with van der Waals surface area (Å²) in [5.41, 5.74) is 4.83. The molecule has 4 aromatic carbocycles. The number of benzene rings is 4. The lowest BCUT2D eigenvalue weighted by Gasteiger charge is -2.48. The average molecular weight is 1610 g/mol. The van der Waals surface area contributed by atoms with E-state index in [0.29, 0.717) is 100 Å². The van der Waals surface area contributed by atoms with Gasteiger partial charge in [-0.1, -0.05) is 30.3 Å². The number of alkyl halides is 9. The van der Waals surface area contributed by atoms with Gasteiger partial charge in [0.05, 0.1) is 90.2 Å². The van der Waals surface area contributed by atoms with E-state index in [9.17, 15) is 63.8 Å². The van der Waals surface area contributed by atoms with Crippen LogP contribution in [0.1, 0.15) is 162 Å². The average Bonchev–Trinajstić information content (AvgIpc) is 1.70. The van der Waals surface area contributed by atoms with E-state index in [2.05, 4.69) is 79.0 Å². The third-order valence-corrected chi connectivity index (χ3v) is 24.3. The Balaban J connectivity index is 0.000000151. The molecule has 15 rings (SSSR count). The number of aromatic nitrogens is 7. The number of esters is 1. The number of pyridine rings is 1. The molecule has 3 aliphatic carbocycles. The summed E-state index contributed by atoms with van der Waals surface area (Å²) >= 11 is 0. The third kappa shape index (κ3) is 19.6. The molecule has 7 N–H and O–H groups in total. The van der Waals surface area contributed by atoms with Gasteiger partial charge in [-0.05, 0) is 194 Å². The fraction of sp³-hybridized carbons (Fsp3) is 0.561. The SMILES string of the molecule is CC(c1ccc2c(c1)c(NCC(=O)NC1CN(C3CCC(c4ccc5c(c4)OCO5)CC3)C1)nn2C)C(F)(F)F.CCOC(=O)C1CCC(N2CC(NC(=O)CNc3nn(C)c4ccc(C(C)C(F)(F)F)cc34)C2)CC1.Cc1ccc(C2(O)CCC(N3CC(NC(=O)CNc4nn(C)c5ccc(C(C)C(F)(F)F)cc45)C3)CC2)cn1. The standard InChI is InChI=1S/C29H34F3N5O3.C28H35F3N6O2.C25H34F3N5O3/c1-17(29(30,31)32)19-5-9-24-23(11-19)28(35-36(24)2)33-13-27(38)34-21-14-37(15-21)22-7-3-18(4-8-22)20-6-10-25-26(12-20)40-16-39-25;1-17-4-6-20(13-32-17)27(39)10-8-22(9-11-27)37-15-21(16-37)34-25(38)14-33-26-23-12-19(18(2)28(29,30)31)5-7-24(23)36(3)35-26;1-4-36-24(35)16-5-8-19(9-6-16)33-13-18(14-33)30-22(34)12-29-23-20-11-17(15(2)25(26,27)28)7-10-21(20)32(3)31-23/h5-6,9-12,17-18,21-22H,3-4,7-8,13-16H2,1-2H3,(H,33,35)(H,34,38);4-7,12-13,18,21-22,39H,8-11,14-16H2,1-3H3,(H,33,35)(H,34,38);7,10-11,15-16,18-19H,4-6,8-9,12-14H2,1-3H3,(H,29,31)(H,30,34). The lowest BCUT2D eigenvalue weighted by molar-refractivity contribution is -0.150. The summed E-state index contributed by atoms with van der Waals surface area (Å²) in [6.45, 7) is 12.5. The molecule has 3 unspecified atom stereocenters. The summed E-state index contributed by atoms with van der Waals surface area (Å²) in [4.78, 5) is 61.1. The molecule has 4 aromatic heterocycles. The van der Waals surface area contributed by atoms with E-state index in [1.165, 1.54) is 42.0 Å². The maximum absolute atomic E-state index is 13.2. The number of hydrogen-bond donors (Lipinski definition) is 7. The summed E-state index contributed by atoms with van der Waals surface area (Å²) in [5.74, 6) is -2.06. The Kier molecular flexibility index (Phi) is 25.2. The summed E-state index contributed by atoms with van der Waals surface area (Å²) in [5, 5.41) is 44.0. The summed E-state index contributed by atoms with van der Waals surface area (Å²) in [7, 11) is 5.16. The molecule has 4 aliphatic heterocycles. The fourth-order valence-electron chi connectivity index (χ4n) is 17.0. The number of aliphatic hydroxyl groups is 1. The number of anilines is 3. The van der Waals surface area contributed by atoms with Gasteiger partial charge >= 0.3 is 24.5 Å². The summed E-state index contributed by atoms with van der Waals surface area (Å²) < 4.78 is 140. The predicted molar refractivity (Wildman–Crippen MR) is 417 cm³/mol. The normalized spacial score (nSPS) is 22.6. The van der Waals surface area contributed by atoms with Gasteiger partial charge in [0.1, 0.15) is 0 Å². The van der Waals surface area contributed by atoms with Gasteiger partial charge in [0.2, 0.25) is 24.5 Å². The quantitative estimate of drug-likeness (QED) is 0.0246. The van der Waals surface area contributed by atoms with Gasteiger partial charge in [0.15, 0.2) is 29.0 Å². The molecule has 8 heterocycles. The first-order valence-corrected chi connectivity index (χ1v) is 39.8. The number of carbonyl (C=O) groups is 4. The van der Waals surface area contributed by atoms with E-state index in [-0.39, 0.29) is 84.1 Å². The molecular weight excluding hydrogens is 1510 g/mol. The number of fused-ring (bicyclic) bond motifs is 4. The second-order valence-electron chi connectivity index (χ2n) is 32.1. The van der Waals surface area contributed by atoms with Crippen molar-refractivity contribution in [3.05, 3.63) is 125 Å². The van der Waals surface area contributed by atoms with Gasteiger partial charge in [-0.15, -0.1) is 0 Å². The van der Waals surface area contributed by atoms with Crippen molar-refractivity contribution in [2.24, 2.45) is 27.1 Å². The molecule has 622 valence electrons. The zero-order valence-electron chi connectivity index (χ0n) is 66.0. The zero-order valence-corrected chi connectivity index (χ0v) is 66.0. The first kappa shape index (κ1) is 83.5. The van der Waals surface area contributed by atoms with Gasteiger partial charge in [0, 0.05) is 112 Å². The maximum Gasteiger partial charge on any atom is 0.395 e. The second-order valence-corrected chi connectivity index (χ2v) is 32.1. The highest BCUT2D eigenvalue weighted by atomic mass is 19.4. The number of nitrogens with zero attached hydrogens (tertiary/aromatic N) is 10. The molecule has 7 aliphatic rings. The molecule has 0 radical (unpaired) electrons. The summed E-state index contributed by atoms with van der Waals surface area (Å²) in [6, 6.07) is 25.5. The predicted octanol–water partition coefficient (Wildman–Crippen LogP) is 12.5. The molecule has 0 spiro atoms. The Hall–Kier alpha value is -9.47. The number of halogens is 9. The van der Waals surface area contributed by atoms with E-state index in [0.717, 1.165) is 147 Å². The van der Waals surface area contributed by atoms with Crippen molar-refractivity contribution in [2.75, 3.05) is 88.3 Å². The molecule has 3 atom stereocenters. The van der Waals surface area contributed by atoms with Crippen molar-refractivity contribution in [2.45, 2.75) is 196 Å². The smallest absolute Gasteiger partial charge is 0.395 e. The first-order chi connectivity index (χ1) is 54.6. The number of ether oxygens (including phenoxy) is 3. The molecule has 3 saturated carbocycles. The largest absolute Gasteiger partial charge is 0.466 e. The minimum Gasteiger partial charge on any atom is -0.466 e. The minimum absolute atomic E-state index is 0.000481. The molecule has 3 amide bonds. The van der Waals surface area contributed by atoms with Crippen LogP contribution in [0.3, 0.4) is 0 Å². The van der Waals surface area contributed by atoms with Crippen LogP contribution in [0, 0.1) is 12.8 Å². The van der Waals surface area contributed by atoms with E-state index in [4.69, 9.17) is 14.2 Å². The van der Waals surface area contributed by atoms with Crippen LogP contribution in [0.4, 0.5) is 57.0 Å². The number of likely N-dealkylation sites (tertiary alicyclic amines) is 3. The van der Waals surface area contributed by atoms with Gasteiger partial charge in [-0.2, -0.15) is 54.8 Å². The Morgan fingerprint density at radius 2 is 0.896 bits per heavy atom. The molecule has 24 nitrogen and oxygen atoms in total. The lowest BCUT2D eigenvalue weighted by Crippen LogP contribution is -2.63. The van der Waals surface area contributed by atoms with E-state index >= 15 is 0 Å². The Labute approximate surface area is 661 Å². The van der Waals surface area contributed by atoms with Gasteiger partial charge in [-0.25, -0.2) is 0 Å².